The molecule has 0 N–H and O–H groups in total. The molecule has 1 amide bonds. The Hall–Kier alpha value is -3.35. The second-order valence-electron chi connectivity index (χ2n) is 14.6. The minimum Gasteiger partial charge on any atom is -0.491 e. The largest absolute Gasteiger partial charge is 0.491 e. The van der Waals surface area contributed by atoms with E-state index in [1.807, 2.05) is 81.6 Å². The van der Waals surface area contributed by atoms with Crippen molar-refractivity contribution in [2.24, 2.45) is 12.5 Å². The first-order valence-corrected chi connectivity index (χ1v) is 15.9. The number of benzene rings is 2. The Morgan fingerprint density at radius 2 is 1.60 bits per heavy atom. The summed E-state index contributed by atoms with van der Waals surface area (Å²) in [6.07, 6.45) is 7.11. The van der Waals surface area contributed by atoms with Gasteiger partial charge in [0.15, 0.2) is 5.67 Å². The van der Waals surface area contributed by atoms with E-state index in [2.05, 4.69) is 29.4 Å². The fraction of sp³-hybridized carbons (Fsp3) is 0.556. The first kappa shape index (κ1) is 29.7. The van der Waals surface area contributed by atoms with E-state index in [4.69, 9.17) is 9.47 Å². The van der Waals surface area contributed by atoms with Gasteiger partial charge in [-0.1, -0.05) is 24.3 Å². The molecule has 0 spiro atoms. The Morgan fingerprint density at radius 3 is 2.19 bits per heavy atom. The van der Waals surface area contributed by atoms with Gasteiger partial charge in [0.1, 0.15) is 11.4 Å². The van der Waals surface area contributed by atoms with Gasteiger partial charge in [0.2, 0.25) is 0 Å². The van der Waals surface area contributed by atoms with E-state index < -0.39 is 11.3 Å². The van der Waals surface area contributed by atoms with Crippen LogP contribution in [0.2, 0.25) is 0 Å². The quantitative estimate of drug-likeness (QED) is 0.264. The lowest BCUT2D eigenvalue weighted by molar-refractivity contribution is 0.0316. The minimum absolute atomic E-state index is 0.0176. The summed E-state index contributed by atoms with van der Waals surface area (Å²) in [7, 11) is 1.97. The molecule has 0 unspecified atom stereocenters. The number of rotatable bonds is 8. The maximum atomic E-state index is 14.9. The first-order chi connectivity index (χ1) is 20.3. The van der Waals surface area contributed by atoms with Crippen LogP contribution >= 0.6 is 0 Å². The third-order valence-corrected chi connectivity index (χ3v) is 9.80. The van der Waals surface area contributed by atoms with Gasteiger partial charge in [0.25, 0.3) is 0 Å². The summed E-state index contributed by atoms with van der Waals surface area (Å²) in [5.74, 6) is 0.842. The highest BCUT2D eigenvalue weighted by Crippen LogP contribution is 2.59. The number of aromatic nitrogens is 2. The summed E-state index contributed by atoms with van der Waals surface area (Å²) in [5, 5.41) is 4.61. The van der Waals surface area contributed by atoms with Crippen molar-refractivity contribution >= 4 is 11.8 Å². The molecule has 0 radical (unpaired) electrons. The Morgan fingerprint density at radius 1 is 0.953 bits per heavy atom. The maximum Gasteiger partial charge on any atom is 0.414 e. The van der Waals surface area contributed by atoms with Gasteiger partial charge < -0.3 is 9.47 Å². The second kappa shape index (κ2) is 10.7. The molecule has 7 heteroatoms. The third-order valence-electron chi connectivity index (χ3n) is 9.80. The number of carbonyl (C=O) groups is 1. The van der Waals surface area contributed by atoms with Crippen LogP contribution in [-0.4, -0.2) is 34.1 Å². The van der Waals surface area contributed by atoms with Crippen molar-refractivity contribution in [2.75, 3.05) is 11.4 Å². The number of anilines is 1. The topological polar surface area (TPSA) is 56.6 Å². The monoisotopic (exact) mass is 587 g/mol. The standard InChI is InChI=1S/C36H46FN3O3/c1-25(2)42-29-12-10-26(11-13-29)27-8-7-9-28(22-27)40(32(41)43-33(3,4)5)24-34-14-17-35(18-15-34,19-16-34)31-23-30(38-39(31)6)36(37)20-21-36/h7-13,22-23,25H,14-21,24H2,1-6H3. The average molecular weight is 588 g/mol. The fourth-order valence-corrected chi connectivity index (χ4v) is 7.20. The van der Waals surface area contributed by atoms with E-state index in [0.29, 0.717) is 25.1 Å². The predicted octanol–water partition coefficient (Wildman–Crippen LogP) is 8.87. The fourth-order valence-electron chi connectivity index (χ4n) is 7.20. The van der Waals surface area contributed by atoms with E-state index >= 15 is 0 Å². The molecule has 230 valence electrons. The van der Waals surface area contributed by atoms with Gasteiger partial charge in [-0.2, -0.15) is 5.10 Å². The molecule has 2 bridgehead atoms. The normalized spacial score (nSPS) is 24.2. The Balaban J connectivity index is 1.24. The molecule has 4 aliphatic rings. The van der Waals surface area contributed by atoms with Crippen LogP contribution in [0, 0.1) is 5.41 Å². The molecular formula is C36H46FN3O3. The van der Waals surface area contributed by atoms with Crippen LogP contribution in [-0.2, 0) is 22.9 Å². The van der Waals surface area contributed by atoms with Gasteiger partial charge in [0, 0.05) is 30.4 Å². The molecule has 1 heterocycles. The van der Waals surface area contributed by atoms with Crippen molar-refractivity contribution in [1.29, 1.82) is 0 Å². The molecular weight excluding hydrogens is 541 g/mol. The van der Waals surface area contributed by atoms with E-state index in [-0.39, 0.29) is 23.0 Å². The number of hydrogen-bond acceptors (Lipinski definition) is 4. The van der Waals surface area contributed by atoms with Crippen LogP contribution in [0.1, 0.15) is 97.4 Å². The number of hydrogen-bond donors (Lipinski definition) is 0. The van der Waals surface area contributed by atoms with Crippen molar-refractivity contribution in [1.82, 2.24) is 9.78 Å². The lowest BCUT2D eigenvalue weighted by Crippen LogP contribution is -2.51. The van der Waals surface area contributed by atoms with E-state index in [0.717, 1.165) is 61.1 Å². The van der Waals surface area contributed by atoms with Crippen LogP contribution in [0.15, 0.2) is 54.6 Å². The van der Waals surface area contributed by atoms with E-state index in [9.17, 15) is 9.18 Å². The highest BCUT2D eigenvalue weighted by molar-refractivity contribution is 5.89. The van der Waals surface area contributed by atoms with Crippen LogP contribution in [0.3, 0.4) is 0 Å². The van der Waals surface area contributed by atoms with Gasteiger partial charge >= 0.3 is 6.09 Å². The highest BCUT2D eigenvalue weighted by atomic mass is 19.1. The predicted molar refractivity (Wildman–Crippen MR) is 168 cm³/mol. The lowest BCUT2D eigenvalue weighted by Gasteiger charge is -2.54. The van der Waals surface area contributed by atoms with Crippen LogP contribution < -0.4 is 9.64 Å². The number of carbonyl (C=O) groups excluding carboxylic acids is 1. The summed E-state index contributed by atoms with van der Waals surface area (Å²) in [4.78, 5) is 15.6. The second-order valence-corrected chi connectivity index (χ2v) is 14.6. The summed E-state index contributed by atoms with van der Waals surface area (Å²) in [5.41, 5.74) is 2.99. The van der Waals surface area contributed by atoms with Crippen LogP contribution in [0.25, 0.3) is 11.1 Å². The number of aryl methyl sites for hydroxylation is 1. The van der Waals surface area contributed by atoms with E-state index in [1.54, 1.807) is 0 Å². The minimum atomic E-state index is -1.22. The van der Waals surface area contributed by atoms with Gasteiger partial charge in [-0.05, 0) is 133 Å². The number of halogens is 1. The first-order valence-electron chi connectivity index (χ1n) is 15.9. The zero-order valence-corrected chi connectivity index (χ0v) is 26.6. The van der Waals surface area contributed by atoms with Gasteiger partial charge in [-0.25, -0.2) is 9.18 Å². The molecule has 4 aliphatic carbocycles. The van der Waals surface area contributed by atoms with Crippen molar-refractivity contribution in [3.63, 3.8) is 0 Å². The van der Waals surface area contributed by atoms with Gasteiger partial charge in [-0.3, -0.25) is 9.58 Å². The molecule has 0 saturated heterocycles. The molecule has 0 atom stereocenters. The van der Waals surface area contributed by atoms with Crippen LogP contribution in [0.5, 0.6) is 5.75 Å². The zero-order chi connectivity index (χ0) is 30.6. The Kier molecular flexibility index (Phi) is 7.37. The van der Waals surface area contributed by atoms with Crippen molar-refractivity contribution in [2.45, 2.75) is 109 Å². The van der Waals surface area contributed by atoms with E-state index in [1.165, 1.54) is 5.69 Å². The molecule has 0 aliphatic heterocycles. The summed E-state index contributed by atoms with van der Waals surface area (Å²) < 4.78 is 28.6. The molecule has 1 aromatic heterocycles. The zero-order valence-electron chi connectivity index (χ0n) is 26.6. The highest BCUT2D eigenvalue weighted by Gasteiger charge is 2.53. The molecule has 43 heavy (non-hydrogen) atoms. The number of nitrogens with zero attached hydrogens (tertiary/aromatic N) is 3. The maximum absolute atomic E-state index is 14.9. The Labute approximate surface area is 255 Å². The Bertz CT molecular complexity index is 1460. The van der Waals surface area contributed by atoms with Crippen molar-refractivity contribution in [3.05, 3.63) is 66.0 Å². The van der Waals surface area contributed by atoms with Gasteiger partial charge in [0.05, 0.1) is 11.8 Å². The van der Waals surface area contributed by atoms with Crippen LogP contribution in [0.4, 0.5) is 14.9 Å². The van der Waals surface area contributed by atoms with Crippen molar-refractivity contribution < 1.29 is 18.7 Å². The molecule has 2 aromatic carbocycles. The summed E-state index contributed by atoms with van der Waals surface area (Å²) in [6, 6.07) is 18.4. The lowest BCUT2D eigenvalue weighted by atomic mass is 9.52. The third kappa shape index (κ3) is 6.05. The van der Waals surface area contributed by atoms with Crippen molar-refractivity contribution in [3.8, 4) is 16.9 Å². The number of alkyl halides is 1. The number of fused-ring (bicyclic) bond motifs is 3. The molecule has 6 nitrogen and oxygen atoms in total. The SMILES string of the molecule is CC(C)Oc1ccc(-c2cccc(N(CC34CCC(c5cc(C6(F)CC6)nn5C)(CC3)CC4)C(=O)OC(C)(C)C)c2)cc1. The summed E-state index contributed by atoms with van der Waals surface area (Å²) in [6.45, 7) is 10.4. The number of ether oxygens (including phenoxy) is 2. The smallest absolute Gasteiger partial charge is 0.414 e. The van der Waals surface area contributed by atoms with Gasteiger partial charge in [-0.15, -0.1) is 0 Å². The summed E-state index contributed by atoms with van der Waals surface area (Å²) >= 11 is 0. The molecule has 4 fully saturated rings. The number of amides is 1. The molecule has 3 aromatic rings. The molecule has 7 rings (SSSR count). The molecule has 4 saturated carbocycles. The average Bonchev–Trinajstić information content (AvgIpc) is 3.59.